The Hall–Kier alpha value is -2.29. The van der Waals surface area contributed by atoms with E-state index in [9.17, 15) is 4.79 Å². The number of aromatic nitrogens is 1. The average molecular weight is 300 g/mol. The lowest BCUT2D eigenvalue weighted by molar-refractivity contribution is -0.132. The highest BCUT2D eigenvalue weighted by molar-refractivity contribution is 5.76. The molecule has 2 aliphatic rings. The molecule has 1 unspecified atom stereocenters. The molecule has 3 rings (SSSR count). The van der Waals surface area contributed by atoms with Gasteiger partial charge in [-0.25, -0.2) is 4.98 Å². The lowest BCUT2D eigenvalue weighted by atomic mass is 10.1. The van der Waals surface area contributed by atoms with E-state index in [-0.39, 0.29) is 11.9 Å². The minimum absolute atomic E-state index is 0.233. The van der Waals surface area contributed by atoms with Gasteiger partial charge in [0.1, 0.15) is 6.07 Å². The summed E-state index contributed by atoms with van der Waals surface area (Å²) in [5.41, 5.74) is 0.508. The Kier molecular flexibility index (Phi) is 4.14. The number of nitrogens with zero attached hydrogens (tertiary/aromatic N) is 4. The van der Waals surface area contributed by atoms with Crippen LogP contribution in [0.2, 0.25) is 0 Å². The number of piperazine rings is 1. The molecule has 1 fully saturated rings. The third-order valence-electron chi connectivity index (χ3n) is 4.24. The normalized spacial score (nSPS) is 20.3. The van der Waals surface area contributed by atoms with E-state index in [1.165, 1.54) is 0 Å². The Bertz CT molecular complexity index is 611. The molecule has 0 aliphatic carbocycles. The average Bonchev–Trinajstić information content (AvgIpc) is 2.72. The molecule has 0 radical (unpaired) electrons. The smallest absolute Gasteiger partial charge is 0.222 e. The van der Waals surface area contributed by atoms with Crippen LogP contribution < -0.4 is 9.64 Å². The third-order valence-corrected chi connectivity index (χ3v) is 4.24. The van der Waals surface area contributed by atoms with Crippen LogP contribution in [-0.4, -0.2) is 48.1 Å². The third kappa shape index (κ3) is 2.71. The second-order valence-electron chi connectivity index (χ2n) is 5.73. The van der Waals surface area contributed by atoms with E-state index in [4.69, 9.17) is 10.00 Å². The summed E-state index contributed by atoms with van der Waals surface area (Å²) < 4.78 is 5.77. The lowest BCUT2D eigenvalue weighted by Crippen LogP contribution is -2.55. The topological polar surface area (TPSA) is 69.5 Å². The monoisotopic (exact) mass is 300 g/mol. The Morgan fingerprint density at radius 2 is 2.41 bits per heavy atom. The van der Waals surface area contributed by atoms with Crippen LogP contribution in [0.1, 0.15) is 31.7 Å². The molecule has 0 aromatic carbocycles. The first-order valence-corrected chi connectivity index (χ1v) is 7.80. The minimum atomic E-state index is 0.233. The molecule has 1 aromatic rings. The van der Waals surface area contributed by atoms with E-state index in [0.29, 0.717) is 24.3 Å². The van der Waals surface area contributed by atoms with Gasteiger partial charge >= 0.3 is 0 Å². The first kappa shape index (κ1) is 14.6. The van der Waals surface area contributed by atoms with Crippen LogP contribution in [0.3, 0.4) is 0 Å². The molecule has 0 bridgehead atoms. The van der Waals surface area contributed by atoms with Gasteiger partial charge in [-0.3, -0.25) is 4.79 Å². The zero-order chi connectivity index (χ0) is 15.5. The van der Waals surface area contributed by atoms with Crippen LogP contribution >= 0.6 is 0 Å². The quantitative estimate of drug-likeness (QED) is 0.829. The largest absolute Gasteiger partial charge is 0.490 e. The van der Waals surface area contributed by atoms with Crippen molar-refractivity contribution in [3.63, 3.8) is 0 Å². The molecule has 0 saturated carbocycles. The first-order chi connectivity index (χ1) is 10.7. The highest BCUT2D eigenvalue weighted by atomic mass is 16.5. The van der Waals surface area contributed by atoms with Crippen LogP contribution in [0.15, 0.2) is 12.3 Å². The van der Waals surface area contributed by atoms with Gasteiger partial charge in [0.15, 0.2) is 11.6 Å². The number of rotatable bonds is 2. The summed E-state index contributed by atoms with van der Waals surface area (Å²) in [6.07, 6.45) is 3.94. The molecule has 0 spiro atoms. The molecule has 2 aliphatic heterocycles. The Balaban J connectivity index is 1.81. The molecule has 116 valence electrons. The van der Waals surface area contributed by atoms with Gasteiger partial charge < -0.3 is 14.5 Å². The van der Waals surface area contributed by atoms with Gasteiger partial charge in [0.05, 0.1) is 18.2 Å². The minimum Gasteiger partial charge on any atom is -0.490 e. The van der Waals surface area contributed by atoms with Gasteiger partial charge in [0.2, 0.25) is 5.91 Å². The van der Waals surface area contributed by atoms with E-state index < -0.39 is 0 Å². The number of carbonyl (C=O) groups is 1. The molecule has 6 heteroatoms. The molecule has 3 heterocycles. The molecule has 1 aromatic heterocycles. The predicted molar refractivity (Wildman–Crippen MR) is 81.7 cm³/mol. The number of pyridine rings is 1. The van der Waals surface area contributed by atoms with Gasteiger partial charge in [-0.15, -0.1) is 0 Å². The summed E-state index contributed by atoms with van der Waals surface area (Å²) >= 11 is 0. The maximum absolute atomic E-state index is 12.1. The highest BCUT2D eigenvalue weighted by Crippen LogP contribution is 2.33. The van der Waals surface area contributed by atoms with Crippen LogP contribution in [0.5, 0.6) is 5.75 Å². The molecule has 6 nitrogen and oxygen atoms in total. The van der Waals surface area contributed by atoms with Crippen molar-refractivity contribution in [1.29, 1.82) is 5.26 Å². The first-order valence-electron chi connectivity index (χ1n) is 7.80. The highest BCUT2D eigenvalue weighted by Gasteiger charge is 2.33. The van der Waals surface area contributed by atoms with Crippen LogP contribution in [-0.2, 0) is 4.79 Å². The van der Waals surface area contributed by atoms with Crippen LogP contribution in [0, 0.1) is 11.3 Å². The molecule has 1 saturated heterocycles. The van der Waals surface area contributed by atoms with Crippen molar-refractivity contribution in [3.05, 3.63) is 17.8 Å². The molecular weight excluding hydrogens is 280 g/mol. The van der Waals surface area contributed by atoms with E-state index in [1.54, 1.807) is 12.3 Å². The number of nitriles is 1. The molecular formula is C16H20N4O2. The van der Waals surface area contributed by atoms with Gasteiger partial charge in [-0.2, -0.15) is 5.26 Å². The Morgan fingerprint density at radius 3 is 3.18 bits per heavy atom. The van der Waals surface area contributed by atoms with Crippen LogP contribution in [0.4, 0.5) is 5.82 Å². The van der Waals surface area contributed by atoms with Gasteiger partial charge in [0.25, 0.3) is 0 Å². The van der Waals surface area contributed by atoms with E-state index in [0.717, 1.165) is 38.3 Å². The van der Waals surface area contributed by atoms with Crippen molar-refractivity contribution < 1.29 is 9.53 Å². The Morgan fingerprint density at radius 1 is 1.55 bits per heavy atom. The summed E-state index contributed by atoms with van der Waals surface area (Å²) in [6, 6.07) is 4.07. The van der Waals surface area contributed by atoms with Gasteiger partial charge in [0, 0.05) is 44.7 Å². The molecule has 1 atom stereocenters. The number of amides is 1. The molecule has 22 heavy (non-hydrogen) atoms. The van der Waals surface area contributed by atoms with E-state index >= 15 is 0 Å². The van der Waals surface area contributed by atoms with Crippen molar-refractivity contribution in [3.8, 4) is 11.8 Å². The van der Waals surface area contributed by atoms with Crippen molar-refractivity contribution in [2.24, 2.45) is 0 Å². The zero-order valence-electron chi connectivity index (χ0n) is 12.8. The maximum Gasteiger partial charge on any atom is 0.222 e. The van der Waals surface area contributed by atoms with Crippen molar-refractivity contribution in [2.45, 2.75) is 32.2 Å². The fraction of sp³-hybridized carbons (Fsp3) is 0.562. The van der Waals surface area contributed by atoms with Crippen molar-refractivity contribution in [1.82, 2.24) is 9.88 Å². The number of fused-ring (bicyclic) bond motifs is 3. The predicted octanol–water partition coefficient (Wildman–Crippen LogP) is 1.55. The summed E-state index contributed by atoms with van der Waals surface area (Å²) in [4.78, 5) is 20.7. The summed E-state index contributed by atoms with van der Waals surface area (Å²) in [7, 11) is 0. The van der Waals surface area contributed by atoms with Crippen molar-refractivity contribution in [2.75, 3.05) is 31.1 Å². The van der Waals surface area contributed by atoms with Gasteiger partial charge in [-0.1, -0.05) is 6.92 Å². The zero-order valence-corrected chi connectivity index (χ0v) is 12.8. The fourth-order valence-corrected chi connectivity index (χ4v) is 3.11. The summed E-state index contributed by atoms with van der Waals surface area (Å²) in [5, 5.41) is 8.98. The number of anilines is 1. The second-order valence-corrected chi connectivity index (χ2v) is 5.73. The maximum atomic E-state index is 12.1. The number of carbonyl (C=O) groups excluding carboxylic acids is 1. The number of hydrogen-bond donors (Lipinski definition) is 0. The van der Waals surface area contributed by atoms with Crippen LogP contribution in [0.25, 0.3) is 0 Å². The fourth-order valence-electron chi connectivity index (χ4n) is 3.11. The Labute approximate surface area is 130 Å². The van der Waals surface area contributed by atoms with E-state index in [2.05, 4.69) is 16.0 Å². The molecule has 1 amide bonds. The lowest BCUT2D eigenvalue weighted by Gasteiger charge is -2.41. The van der Waals surface area contributed by atoms with Crippen molar-refractivity contribution >= 4 is 11.7 Å². The number of hydrogen-bond acceptors (Lipinski definition) is 5. The summed E-state index contributed by atoms with van der Waals surface area (Å²) in [5.74, 6) is 1.71. The SMILES string of the molecule is CCCC(=O)N1CCN2c3ncc(C#N)cc3OCCC2C1. The molecule has 0 N–H and O–H groups in total. The van der Waals surface area contributed by atoms with Gasteiger partial charge in [-0.05, 0) is 6.42 Å². The van der Waals surface area contributed by atoms with E-state index in [1.807, 2.05) is 11.8 Å². The summed E-state index contributed by atoms with van der Waals surface area (Å²) in [6.45, 7) is 4.82. The standard InChI is InChI=1S/C16H20N4O2/c1-2-3-15(21)19-5-6-20-13(11-19)4-7-22-14-8-12(9-17)10-18-16(14)20/h8,10,13H,2-7,11H2,1H3. The second kappa shape index (κ2) is 6.22. The number of ether oxygens (including phenoxy) is 1.